The Balaban J connectivity index is 2.35. The van der Waals surface area contributed by atoms with E-state index in [-0.39, 0.29) is 0 Å². The minimum absolute atomic E-state index is 0.340. The topological polar surface area (TPSA) is 46.3 Å². The number of carbonyl (C=O) groups is 1. The van der Waals surface area contributed by atoms with Gasteiger partial charge in [0.2, 0.25) is 5.91 Å². The minimum Gasteiger partial charge on any atom is -0.340 e. The van der Waals surface area contributed by atoms with Gasteiger partial charge in [0.25, 0.3) is 0 Å². The van der Waals surface area contributed by atoms with Gasteiger partial charge in [0.1, 0.15) is 0 Å². The zero-order valence-corrected chi connectivity index (χ0v) is 12.3. The summed E-state index contributed by atoms with van der Waals surface area (Å²) in [7, 11) is 0. The van der Waals surface area contributed by atoms with Crippen LogP contribution in [0.5, 0.6) is 0 Å². The monoisotopic (exact) mass is 254 g/mol. The van der Waals surface area contributed by atoms with Crippen LogP contribution in [-0.2, 0) is 4.79 Å². The zero-order valence-electron chi connectivity index (χ0n) is 12.3. The van der Waals surface area contributed by atoms with Crippen molar-refractivity contribution in [1.82, 2.24) is 4.90 Å². The molecule has 1 aliphatic carbocycles. The van der Waals surface area contributed by atoms with Crippen LogP contribution >= 0.6 is 0 Å². The molecule has 0 aromatic rings. The lowest BCUT2D eigenvalue weighted by Crippen LogP contribution is -2.38. The maximum atomic E-state index is 12.3. The molecule has 1 fully saturated rings. The molecule has 1 unspecified atom stereocenters. The summed E-state index contributed by atoms with van der Waals surface area (Å²) >= 11 is 0. The fourth-order valence-corrected chi connectivity index (χ4v) is 2.44. The van der Waals surface area contributed by atoms with Crippen LogP contribution in [0.3, 0.4) is 0 Å². The number of rotatable bonds is 9. The van der Waals surface area contributed by atoms with E-state index < -0.39 is 0 Å². The lowest BCUT2D eigenvalue weighted by atomic mass is 9.96. The summed E-state index contributed by atoms with van der Waals surface area (Å²) in [6.07, 6.45) is 6.50. The molecule has 0 aromatic heterocycles. The van der Waals surface area contributed by atoms with Crippen LogP contribution in [0.1, 0.15) is 59.3 Å². The highest BCUT2D eigenvalue weighted by Crippen LogP contribution is 2.30. The van der Waals surface area contributed by atoms with Gasteiger partial charge in [0.05, 0.1) is 0 Å². The van der Waals surface area contributed by atoms with Crippen molar-refractivity contribution in [3.63, 3.8) is 0 Å². The fourth-order valence-electron chi connectivity index (χ4n) is 2.44. The molecule has 1 atom stereocenters. The zero-order chi connectivity index (χ0) is 13.5. The number of nitrogens with zero attached hydrogens (tertiary/aromatic N) is 1. The molecule has 0 saturated heterocycles. The Morgan fingerprint density at radius 1 is 1.33 bits per heavy atom. The van der Waals surface area contributed by atoms with Crippen molar-refractivity contribution >= 4 is 5.91 Å². The standard InChI is InChI=1S/C15H30N2O/c1-4-13(9-10-16)7-8-15(18)17(12(2)3)11-14-5-6-14/h12-14H,4-11,16H2,1-3H3. The van der Waals surface area contributed by atoms with Crippen LogP contribution in [-0.4, -0.2) is 29.9 Å². The van der Waals surface area contributed by atoms with Crippen LogP contribution in [0.2, 0.25) is 0 Å². The van der Waals surface area contributed by atoms with Gasteiger partial charge in [-0.1, -0.05) is 13.3 Å². The van der Waals surface area contributed by atoms with Gasteiger partial charge >= 0.3 is 0 Å². The molecule has 106 valence electrons. The van der Waals surface area contributed by atoms with Gasteiger partial charge in [0, 0.05) is 19.0 Å². The summed E-state index contributed by atoms with van der Waals surface area (Å²) in [5, 5.41) is 0. The summed E-state index contributed by atoms with van der Waals surface area (Å²) in [5.74, 6) is 1.74. The van der Waals surface area contributed by atoms with Crippen molar-refractivity contribution in [3.8, 4) is 0 Å². The first kappa shape index (κ1) is 15.5. The first-order chi connectivity index (χ1) is 8.58. The lowest BCUT2D eigenvalue weighted by Gasteiger charge is -2.27. The van der Waals surface area contributed by atoms with Gasteiger partial charge in [0.15, 0.2) is 0 Å². The second kappa shape index (κ2) is 7.78. The van der Waals surface area contributed by atoms with E-state index >= 15 is 0 Å². The molecule has 2 N–H and O–H groups in total. The number of amides is 1. The molecule has 0 spiro atoms. The Morgan fingerprint density at radius 2 is 2.00 bits per heavy atom. The highest BCUT2D eigenvalue weighted by Gasteiger charge is 2.28. The third-order valence-electron chi connectivity index (χ3n) is 4.01. The molecule has 0 aliphatic heterocycles. The quantitative estimate of drug-likeness (QED) is 0.687. The summed E-state index contributed by atoms with van der Waals surface area (Å²) in [5.41, 5.74) is 5.60. The van der Waals surface area contributed by atoms with Crippen LogP contribution in [0.25, 0.3) is 0 Å². The summed E-state index contributed by atoms with van der Waals surface area (Å²) in [6, 6.07) is 0.340. The number of hydrogen-bond donors (Lipinski definition) is 1. The molecule has 1 rings (SSSR count). The number of nitrogens with two attached hydrogens (primary N) is 1. The highest BCUT2D eigenvalue weighted by molar-refractivity contribution is 5.76. The Kier molecular flexibility index (Phi) is 6.69. The second-order valence-electron chi connectivity index (χ2n) is 5.97. The minimum atomic E-state index is 0.340. The fraction of sp³-hybridized carbons (Fsp3) is 0.933. The number of carbonyl (C=O) groups excluding carboxylic acids is 1. The SMILES string of the molecule is CCC(CCN)CCC(=O)N(CC1CC1)C(C)C. The summed E-state index contributed by atoms with van der Waals surface area (Å²) < 4.78 is 0. The van der Waals surface area contributed by atoms with Crippen molar-refractivity contribution in [2.45, 2.75) is 65.3 Å². The average Bonchev–Trinajstić information content (AvgIpc) is 3.14. The Labute approximate surface area is 112 Å². The molecule has 0 radical (unpaired) electrons. The van der Waals surface area contributed by atoms with Gasteiger partial charge in [-0.2, -0.15) is 0 Å². The van der Waals surface area contributed by atoms with Crippen molar-refractivity contribution in [2.75, 3.05) is 13.1 Å². The molecule has 3 nitrogen and oxygen atoms in total. The normalized spacial score (nSPS) is 16.9. The molecule has 0 aromatic carbocycles. The molecule has 1 amide bonds. The van der Waals surface area contributed by atoms with Crippen LogP contribution < -0.4 is 5.73 Å². The van der Waals surface area contributed by atoms with Gasteiger partial charge in [-0.05, 0) is 57.9 Å². The van der Waals surface area contributed by atoms with Gasteiger partial charge in [-0.3, -0.25) is 4.79 Å². The van der Waals surface area contributed by atoms with Gasteiger partial charge in [-0.15, -0.1) is 0 Å². The Morgan fingerprint density at radius 3 is 2.44 bits per heavy atom. The largest absolute Gasteiger partial charge is 0.340 e. The maximum absolute atomic E-state index is 12.3. The van der Waals surface area contributed by atoms with Crippen LogP contribution in [0.4, 0.5) is 0 Å². The smallest absolute Gasteiger partial charge is 0.222 e. The van der Waals surface area contributed by atoms with Crippen LogP contribution in [0.15, 0.2) is 0 Å². The van der Waals surface area contributed by atoms with Gasteiger partial charge in [-0.25, -0.2) is 0 Å². The average molecular weight is 254 g/mol. The van der Waals surface area contributed by atoms with E-state index in [2.05, 4.69) is 25.7 Å². The summed E-state index contributed by atoms with van der Waals surface area (Å²) in [6.45, 7) is 8.15. The van der Waals surface area contributed by atoms with Crippen LogP contribution in [0, 0.1) is 11.8 Å². The molecule has 1 saturated carbocycles. The predicted molar refractivity (Wildman–Crippen MR) is 76.3 cm³/mol. The van der Waals surface area contributed by atoms with E-state index in [1.54, 1.807) is 0 Å². The van der Waals surface area contributed by atoms with E-state index in [1.165, 1.54) is 12.8 Å². The van der Waals surface area contributed by atoms with E-state index in [1.807, 2.05) is 0 Å². The van der Waals surface area contributed by atoms with Crippen molar-refractivity contribution in [1.29, 1.82) is 0 Å². The molecular formula is C15H30N2O. The number of hydrogen-bond acceptors (Lipinski definition) is 2. The first-order valence-corrected chi connectivity index (χ1v) is 7.58. The molecule has 1 aliphatic rings. The lowest BCUT2D eigenvalue weighted by molar-refractivity contribution is -0.133. The molecule has 0 heterocycles. The van der Waals surface area contributed by atoms with Gasteiger partial charge < -0.3 is 10.6 Å². The summed E-state index contributed by atoms with van der Waals surface area (Å²) in [4.78, 5) is 14.3. The molecule has 3 heteroatoms. The first-order valence-electron chi connectivity index (χ1n) is 7.58. The molecule has 18 heavy (non-hydrogen) atoms. The molecular weight excluding hydrogens is 224 g/mol. The second-order valence-corrected chi connectivity index (χ2v) is 5.97. The van der Waals surface area contributed by atoms with E-state index in [0.717, 1.165) is 38.3 Å². The third kappa shape index (κ3) is 5.38. The van der Waals surface area contributed by atoms with Crippen molar-refractivity contribution in [2.24, 2.45) is 17.6 Å². The third-order valence-corrected chi connectivity index (χ3v) is 4.01. The van der Waals surface area contributed by atoms with E-state index in [9.17, 15) is 4.79 Å². The maximum Gasteiger partial charge on any atom is 0.222 e. The van der Waals surface area contributed by atoms with Crippen molar-refractivity contribution in [3.05, 3.63) is 0 Å². The Bertz CT molecular complexity index is 249. The Hall–Kier alpha value is -0.570. The van der Waals surface area contributed by atoms with E-state index in [0.29, 0.717) is 24.3 Å². The van der Waals surface area contributed by atoms with E-state index in [4.69, 9.17) is 5.73 Å². The van der Waals surface area contributed by atoms with Crippen molar-refractivity contribution < 1.29 is 4.79 Å². The predicted octanol–water partition coefficient (Wildman–Crippen LogP) is 2.79. The highest BCUT2D eigenvalue weighted by atomic mass is 16.2. The molecule has 0 bridgehead atoms.